The number of hydrogen-bond acceptors (Lipinski definition) is 2. The van der Waals surface area contributed by atoms with Gasteiger partial charge < -0.3 is 5.32 Å². The number of halogens is 1. The first-order valence-electron chi connectivity index (χ1n) is 3.22. The zero-order valence-electron chi connectivity index (χ0n) is 6.26. The van der Waals surface area contributed by atoms with Gasteiger partial charge in [-0.15, -0.1) is 0 Å². The molecule has 0 amide bonds. The first-order chi connectivity index (χ1) is 5.27. The second kappa shape index (κ2) is 3.53. The number of nitrogens with zero attached hydrogens (tertiary/aromatic N) is 1. The van der Waals surface area contributed by atoms with Gasteiger partial charge in [0.05, 0.1) is 11.4 Å². The van der Waals surface area contributed by atoms with E-state index in [1.807, 2.05) is 25.2 Å². The Morgan fingerprint density at radius 3 is 2.82 bits per heavy atom. The summed E-state index contributed by atoms with van der Waals surface area (Å²) in [5, 5.41) is 3.02. The third-order valence-corrected chi connectivity index (χ3v) is 1.89. The third kappa shape index (κ3) is 1.80. The summed E-state index contributed by atoms with van der Waals surface area (Å²) in [4.78, 5) is 3.86. The van der Waals surface area contributed by atoms with Gasteiger partial charge in [0, 0.05) is 11.5 Å². The van der Waals surface area contributed by atoms with Crippen LogP contribution in [0.5, 0.6) is 0 Å². The van der Waals surface area contributed by atoms with Crippen LogP contribution in [0.3, 0.4) is 0 Å². The van der Waals surface area contributed by atoms with Crippen LogP contribution in [-0.2, 0) is 0 Å². The molecule has 11 heavy (non-hydrogen) atoms. The molecule has 0 aromatic heterocycles. The van der Waals surface area contributed by atoms with Crippen LogP contribution in [0, 0.1) is 0 Å². The van der Waals surface area contributed by atoms with Gasteiger partial charge >= 0.3 is 0 Å². The van der Waals surface area contributed by atoms with E-state index >= 15 is 0 Å². The fourth-order valence-corrected chi connectivity index (χ4v) is 1.20. The predicted molar refractivity (Wildman–Crippen MR) is 52.9 cm³/mol. The van der Waals surface area contributed by atoms with Crippen molar-refractivity contribution in [3.8, 4) is 0 Å². The first-order valence-corrected chi connectivity index (χ1v) is 4.01. The minimum atomic E-state index is 0.863. The molecule has 1 aromatic rings. The molecule has 1 rings (SSSR count). The maximum atomic E-state index is 3.86. The van der Waals surface area contributed by atoms with Crippen molar-refractivity contribution in [3.05, 3.63) is 22.7 Å². The van der Waals surface area contributed by atoms with Crippen LogP contribution in [0.25, 0.3) is 0 Å². The average Bonchev–Trinajstić information content (AvgIpc) is 2.04. The Morgan fingerprint density at radius 1 is 1.55 bits per heavy atom. The smallest absolute Gasteiger partial charge is 0.0864 e. The fourth-order valence-electron chi connectivity index (χ4n) is 0.847. The summed E-state index contributed by atoms with van der Waals surface area (Å²) in [5.74, 6) is 0. The van der Waals surface area contributed by atoms with Crippen molar-refractivity contribution in [1.82, 2.24) is 0 Å². The monoisotopic (exact) mass is 212 g/mol. The molecule has 0 aliphatic carbocycles. The molecule has 1 aromatic carbocycles. The second-order valence-electron chi connectivity index (χ2n) is 2.07. The van der Waals surface area contributed by atoms with Crippen LogP contribution < -0.4 is 5.32 Å². The van der Waals surface area contributed by atoms with E-state index in [0.29, 0.717) is 0 Å². The highest BCUT2D eigenvalue weighted by Crippen LogP contribution is 2.27. The lowest BCUT2D eigenvalue weighted by atomic mass is 10.3. The lowest BCUT2D eigenvalue weighted by Gasteiger charge is -2.03. The van der Waals surface area contributed by atoms with Gasteiger partial charge in [-0.25, -0.2) is 0 Å². The fraction of sp³-hybridized carbons (Fsp3) is 0.125. The number of nitrogens with one attached hydrogen (secondary N) is 1. The van der Waals surface area contributed by atoms with Gasteiger partial charge in [0.25, 0.3) is 0 Å². The van der Waals surface area contributed by atoms with Gasteiger partial charge in [0.1, 0.15) is 0 Å². The molecular formula is C8H9BrN2. The molecule has 0 unspecified atom stereocenters. The van der Waals surface area contributed by atoms with Crippen LogP contribution in [0.1, 0.15) is 0 Å². The molecular weight excluding hydrogens is 204 g/mol. The number of anilines is 1. The highest BCUT2D eigenvalue weighted by Gasteiger charge is 1.97. The predicted octanol–water partition coefficient (Wildman–Crippen LogP) is 2.82. The third-order valence-electron chi connectivity index (χ3n) is 1.40. The Hall–Kier alpha value is -0.830. The Bertz CT molecular complexity index is 271. The summed E-state index contributed by atoms with van der Waals surface area (Å²) < 4.78 is 1.01. The molecule has 0 spiro atoms. The molecule has 58 valence electrons. The van der Waals surface area contributed by atoms with Gasteiger partial charge in [0.2, 0.25) is 0 Å². The van der Waals surface area contributed by atoms with Crippen molar-refractivity contribution >= 4 is 34.0 Å². The van der Waals surface area contributed by atoms with Crippen LogP contribution in [0.15, 0.2) is 27.7 Å². The summed E-state index contributed by atoms with van der Waals surface area (Å²) in [5.41, 5.74) is 1.85. The van der Waals surface area contributed by atoms with E-state index < -0.39 is 0 Å². The molecule has 2 nitrogen and oxygen atoms in total. The van der Waals surface area contributed by atoms with E-state index in [0.717, 1.165) is 15.8 Å². The zero-order valence-corrected chi connectivity index (χ0v) is 7.85. The quantitative estimate of drug-likeness (QED) is 0.750. The first kappa shape index (κ1) is 8.27. The number of benzene rings is 1. The molecule has 0 fully saturated rings. The summed E-state index contributed by atoms with van der Waals surface area (Å²) in [6.45, 7) is 3.47. The van der Waals surface area contributed by atoms with E-state index in [1.54, 1.807) is 0 Å². The van der Waals surface area contributed by atoms with Crippen molar-refractivity contribution in [2.45, 2.75) is 0 Å². The van der Waals surface area contributed by atoms with E-state index in [9.17, 15) is 0 Å². The van der Waals surface area contributed by atoms with Gasteiger partial charge in [-0.2, -0.15) is 0 Å². The average molecular weight is 213 g/mol. The van der Waals surface area contributed by atoms with Crippen molar-refractivity contribution in [1.29, 1.82) is 0 Å². The summed E-state index contributed by atoms with van der Waals surface area (Å²) in [6.07, 6.45) is 0. The number of aliphatic imine (C=N–C) groups is 1. The zero-order chi connectivity index (χ0) is 8.27. The van der Waals surface area contributed by atoms with Crippen LogP contribution >= 0.6 is 15.9 Å². The molecule has 0 heterocycles. The largest absolute Gasteiger partial charge is 0.386 e. The second-order valence-corrected chi connectivity index (χ2v) is 2.99. The van der Waals surface area contributed by atoms with Crippen molar-refractivity contribution in [2.24, 2.45) is 4.99 Å². The van der Waals surface area contributed by atoms with E-state index in [1.165, 1.54) is 0 Å². The lowest BCUT2D eigenvalue weighted by Crippen LogP contribution is -1.87. The van der Waals surface area contributed by atoms with Crippen LogP contribution in [0.2, 0.25) is 0 Å². The van der Waals surface area contributed by atoms with E-state index in [2.05, 4.69) is 33.0 Å². The summed E-state index contributed by atoms with van der Waals surface area (Å²) >= 11 is 3.35. The van der Waals surface area contributed by atoms with Crippen LogP contribution in [0.4, 0.5) is 11.4 Å². The minimum Gasteiger partial charge on any atom is -0.386 e. The van der Waals surface area contributed by atoms with Crippen molar-refractivity contribution < 1.29 is 0 Å². The van der Waals surface area contributed by atoms with Crippen molar-refractivity contribution in [2.75, 3.05) is 12.4 Å². The SMILES string of the molecule is C=Nc1cc(Br)ccc1NC. The Morgan fingerprint density at radius 2 is 2.27 bits per heavy atom. The Kier molecular flexibility index (Phi) is 2.65. The van der Waals surface area contributed by atoms with Crippen molar-refractivity contribution in [3.63, 3.8) is 0 Å². The number of rotatable bonds is 2. The van der Waals surface area contributed by atoms with Gasteiger partial charge in [-0.05, 0) is 24.9 Å². The van der Waals surface area contributed by atoms with Crippen LogP contribution in [-0.4, -0.2) is 13.8 Å². The molecule has 1 N–H and O–H groups in total. The minimum absolute atomic E-state index is 0.863. The molecule has 0 saturated heterocycles. The summed E-state index contributed by atoms with van der Waals surface area (Å²) in [7, 11) is 1.86. The molecule has 0 aliphatic rings. The maximum Gasteiger partial charge on any atom is 0.0864 e. The topological polar surface area (TPSA) is 24.4 Å². The highest BCUT2D eigenvalue weighted by molar-refractivity contribution is 9.10. The molecule has 3 heteroatoms. The van der Waals surface area contributed by atoms with E-state index in [4.69, 9.17) is 0 Å². The normalized spacial score (nSPS) is 9.27. The molecule has 0 saturated carbocycles. The maximum absolute atomic E-state index is 3.86. The lowest BCUT2D eigenvalue weighted by molar-refractivity contribution is 1.45. The highest BCUT2D eigenvalue weighted by atomic mass is 79.9. The van der Waals surface area contributed by atoms with Gasteiger partial charge in [-0.3, -0.25) is 4.99 Å². The molecule has 0 atom stereocenters. The molecule has 0 bridgehead atoms. The molecule has 0 aliphatic heterocycles. The van der Waals surface area contributed by atoms with Gasteiger partial charge in [0.15, 0.2) is 0 Å². The van der Waals surface area contributed by atoms with E-state index in [-0.39, 0.29) is 0 Å². The molecule has 0 radical (unpaired) electrons. The summed E-state index contributed by atoms with van der Waals surface area (Å²) in [6, 6.07) is 5.83. The standard InChI is InChI=1S/C8H9BrN2/c1-10-7-4-3-6(9)5-8(7)11-2/h3-5,10H,2H2,1H3. The Balaban J connectivity index is 3.16. The van der Waals surface area contributed by atoms with Gasteiger partial charge in [-0.1, -0.05) is 15.9 Å². The Labute approximate surface area is 74.5 Å². The number of hydrogen-bond donors (Lipinski definition) is 1.